The van der Waals surface area contributed by atoms with Crippen molar-refractivity contribution >= 4 is 17.3 Å². The Kier molecular flexibility index (Phi) is 3.95. The lowest BCUT2D eigenvalue weighted by Crippen LogP contribution is -2.27. The maximum absolute atomic E-state index is 11.6. The fourth-order valence-electron chi connectivity index (χ4n) is 1.88. The molecule has 1 amide bonds. The predicted molar refractivity (Wildman–Crippen MR) is 79.4 cm³/mol. The molecule has 22 heavy (non-hydrogen) atoms. The van der Waals surface area contributed by atoms with Gasteiger partial charge < -0.3 is 14.5 Å². The maximum Gasteiger partial charge on any atom is 0.412 e. The number of ether oxygens (including phenoxy) is 1. The van der Waals surface area contributed by atoms with Crippen LogP contribution in [-0.2, 0) is 0 Å². The van der Waals surface area contributed by atoms with Gasteiger partial charge in [0.05, 0.1) is 6.20 Å². The van der Waals surface area contributed by atoms with E-state index in [1.165, 1.54) is 6.33 Å². The topological polar surface area (TPSA) is 90.1 Å². The van der Waals surface area contributed by atoms with Gasteiger partial charge in [-0.25, -0.2) is 14.8 Å². The number of fused-ring (bicyclic) bond motifs is 1. The molecule has 3 aromatic rings. The number of hydrogen-bond acceptors (Lipinski definition) is 6. The van der Waals surface area contributed by atoms with Crippen molar-refractivity contribution in [3.05, 3.63) is 36.8 Å². The fourth-order valence-corrected chi connectivity index (χ4v) is 1.88. The van der Waals surface area contributed by atoms with Crippen molar-refractivity contribution in [3.8, 4) is 17.2 Å². The van der Waals surface area contributed by atoms with E-state index < -0.39 is 6.09 Å². The SMILES string of the molecule is CCCNC(=O)Oc1cccc(-c2nc3ncncc3o2)c1. The lowest BCUT2D eigenvalue weighted by Gasteiger charge is -2.06. The predicted octanol–water partition coefficient (Wildman–Crippen LogP) is 2.78. The van der Waals surface area contributed by atoms with E-state index in [4.69, 9.17) is 9.15 Å². The van der Waals surface area contributed by atoms with E-state index in [1.807, 2.05) is 13.0 Å². The minimum atomic E-state index is -0.484. The standard InChI is InChI=1S/C15H14N4O3/c1-2-6-17-15(20)21-11-5-3-4-10(7-11)14-19-13-12(22-14)8-16-9-18-13/h3-5,7-9H,2,6H2,1H3,(H,17,20). The number of carbonyl (C=O) groups excluding carboxylic acids is 1. The average Bonchev–Trinajstić information content (AvgIpc) is 2.97. The normalized spacial score (nSPS) is 10.6. The second-order valence-electron chi connectivity index (χ2n) is 4.57. The van der Waals surface area contributed by atoms with Crippen molar-refractivity contribution in [2.45, 2.75) is 13.3 Å². The van der Waals surface area contributed by atoms with Crippen LogP contribution in [0.3, 0.4) is 0 Å². The highest BCUT2D eigenvalue weighted by Crippen LogP contribution is 2.25. The molecule has 0 spiro atoms. The number of benzene rings is 1. The second kappa shape index (κ2) is 6.21. The van der Waals surface area contributed by atoms with Crippen LogP contribution in [-0.4, -0.2) is 27.6 Å². The third-order valence-electron chi connectivity index (χ3n) is 2.88. The van der Waals surface area contributed by atoms with E-state index in [0.29, 0.717) is 35.0 Å². The molecule has 0 fully saturated rings. The molecule has 0 saturated carbocycles. The molecular formula is C15H14N4O3. The van der Waals surface area contributed by atoms with Gasteiger partial charge in [0.25, 0.3) is 0 Å². The Hall–Kier alpha value is -2.96. The summed E-state index contributed by atoms with van der Waals surface area (Å²) < 4.78 is 10.8. The van der Waals surface area contributed by atoms with Gasteiger partial charge in [-0.3, -0.25) is 0 Å². The maximum atomic E-state index is 11.6. The number of amides is 1. The van der Waals surface area contributed by atoms with Crippen LogP contribution < -0.4 is 10.1 Å². The largest absolute Gasteiger partial charge is 0.433 e. The number of rotatable bonds is 4. The smallest absolute Gasteiger partial charge is 0.412 e. The molecule has 0 aliphatic rings. The number of hydrogen-bond donors (Lipinski definition) is 1. The molecule has 7 heteroatoms. The van der Waals surface area contributed by atoms with Crippen LogP contribution >= 0.6 is 0 Å². The van der Waals surface area contributed by atoms with Crippen LogP contribution in [0.1, 0.15) is 13.3 Å². The van der Waals surface area contributed by atoms with E-state index in [0.717, 1.165) is 6.42 Å². The molecule has 3 rings (SSSR count). The lowest BCUT2D eigenvalue weighted by atomic mass is 10.2. The van der Waals surface area contributed by atoms with Crippen molar-refractivity contribution in [3.63, 3.8) is 0 Å². The summed E-state index contributed by atoms with van der Waals surface area (Å²) in [6.45, 7) is 2.54. The van der Waals surface area contributed by atoms with Crippen molar-refractivity contribution in [1.82, 2.24) is 20.3 Å². The Labute approximate surface area is 126 Å². The highest BCUT2D eigenvalue weighted by molar-refractivity contribution is 5.73. The molecule has 112 valence electrons. The summed E-state index contributed by atoms with van der Waals surface area (Å²) in [5, 5.41) is 2.64. The molecule has 0 radical (unpaired) electrons. The molecule has 0 saturated heterocycles. The number of aromatic nitrogens is 3. The third-order valence-corrected chi connectivity index (χ3v) is 2.88. The minimum Gasteiger partial charge on any atom is -0.433 e. The van der Waals surface area contributed by atoms with Gasteiger partial charge in [-0.1, -0.05) is 13.0 Å². The fraction of sp³-hybridized carbons (Fsp3) is 0.200. The second-order valence-corrected chi connectivity index (χ2v) is 4.57. The summed E-state index contributed by atoms with van der Waals surface area (Å²) in [6.07, 6.45) is 3.32. The Morgan fingerprint density at radius 1 is 1.41 bits per heavy atom. The van der Waals surface area contributed by atoms with Crippen molar-refractivity contribution in [1.29, 1.82) is 0 Å². The van der Waals surface area contributed by atoms with Gasteiger partial charge in [-0.05, 0) is 24.6 Å². The Morgan fingerprint density at radius 3 is 3.14 bits per heavy atom. The van der Waals surface area contributed by atoms with E-state index in [1.54, 1.807) is 24.4 Å². The number of oxazole rings is 1. The van der Waals surface area contributed by atoms with Crippen LogP contribution in [0.2, 0.25) is 0 Å². The van der Waals surface area contributed by atoms with Crippen LogP contribution in [0.25, 0.3) is 22.7 Å². The van der Waals surface area contributed by atoms with Gasteiger partial charge in [0.15, 0.2) is 5.58 Å². The first kappa shape index (κ1) is 14.0. The summed E-state index contributed by atoms with van der Waals surface area (Å²) in [4.78, 5) is 23.8. The average molecular weight is 298 g/mol. The first-order valence-corrected chi connectivity index (χ1v) is 6.89. The van der Waals surface area contributed by atoms with Gasteiger partial charge in [0.2, 0.25) is 11.5 Å². The summed E-state index contributed by atoms with van der Waals surface area (Å²) in [5.74, 6) is 0.814. The Bertz CT molecular complexity index is 767. The zero-order valence-corrected chi connectivity index (χ0v) is 11.9. The molecule has 0 atom stereocenters. The first-order chi connectivity index (χ1) is 10.8. The molecule has 1 aromatic carbocycles. The van der Waals surface area contributed by atoms with Crippen molar-refractivity contribution in [2.24, 2.45) is 0 Å². The molecule has 0 bridgehead atoms. The van der Waals surface area contributed by atoms with Gasteiger partial charge in [-0.2, -0.15) is 4.98 Å². The van der Waals surface area contributed by atoms with Crippen LogP contribution in [0.5, 0.6) is 5.75 Å². The number of carbonyl (C=O) groups is 1. The summed E-state index contributed by atoms with van der Waals surface area (Å²) in [7, 11) is 0. The van der Waals surface area contributed by atoms with Crippen molar-refractivity contribution < 1.29 is 13.9 Å². The Balaban J connectivity index is 1.82. The monoisotopic (exact) mass is 298 g/mol. The quantitative estimate of drug-likeness (QED) is 0.796. The number of nitrogens with zero attached hydrogens (tertiary/aromatic N) is 3. The summed E-state index contributed by atoms with van der Waals surface area (Å²) >= 11 is 0. The van der Waals surface area contributed by atoms with Crippen LogP contribution in [0.4, 0.5) is 4.79 Å². The Morgan fingerprint density at radius 2 is 2.32 bits per heavy atom. The van der Waals surface area contributed by atoms with E-state index >= 15 is 0 Å². The summed E-state index contributed by atoms with van der Waals surface area (Å²) in [6, 6.07) is 6.95. The van der Waals surface area contributed by atoms with Gasteiger partial charge in [-0.15, -0.1) is 0 Å². The highest BCUT2D eigenvalue weighted by Gasteiger charge is 2.11. The zero-order chi connectivity index (χ0) is 15.4. The van der Waals surface area contributed by atoms with Gasteiger partial charge in [0.1, 0.15) is 12.1 Å². The third kappa shape index (κ3) is 3.03. The first-order valence-electron chi connectivity index (χ1n) is 6.89. The molecule has 2 aromatic heterocycles. The van der Waals surface area contributed by atoms with Gasteiger partial charge >= 0.3 is 6.09 Å². The van der Waals surface area contributed by atoms with E-state index in [-0.39, 0.29) is 0 Å². The highest BCUT2D eigenvalue weighted by atomic mass is 16.6. The van der Waals surface area contributed by atoms with Crippen molar-refractivity contribution in [2.75, 3.05) is 6.54 Å². The molecule has 0 aliphatic heterocycles. The van der Waals surface area contributed by atoms with Gasteiger partial charge in [0, 0.05) is 12.1 Å². The van der Waals surface area contributed by atoms with E-state index in [2.05, 4.69) is 20.3 Å². The molecule has 7 nitrogen and oxygen atoms in total. The van der Waals surface area contributed by atoms with Crippen LogP contribution in [0, 0.1) is 0 Å². The molecule has 1 N–H and O–H groups in total. The minimum absolute atomic E-state index is 0.398. The molecule has 0 unspecified atom stereocenters. The molecule has 0 aliphatic carbocycles. The molecular weight excluding hydrogens is 284 g/mol. The zero-order valence-electron chi connectivity index (χ0n) is 11.9. The lowest BCUT2D eigenvalue weighted by molar-refractivity contribution is 0.200. The number of nitrogens with one attached hydrogen (secondary N) is 1. The van der Waals surface area contributed by atoms with Crippen LogP contribution in [0.15, 0.2) is 41.2 Å². The summed E-state index contributed by atoms with van der Waals surface area (Å²) in [5.41, 5.74) is 1.68. The molecule has 2 heterocycles. The van der Waals surface area contributed by atoms with E-state index in [9.17, 15) is 4.79 Å².